The van der Waals surface area contributed by atoms with Gasteiger partial charge in [0.15, 0.2) is 0 Å². The van der Waals surface area contributed by atoms with Crippen LogP contribution in [0, 0.1) is 0 Å². The largest absolute Gasteiger partial charge is 0.383 e. The Hall–Kier alpha value is -0.120. The lowest BCUT2D eigenvalue weighted by atomic mass is 10.1. The van der Waals surface area contributed by atoms with Gasteiger partial charge in [0, 0.05) is 25.2 Å². The molecule has 1 heterocycles. The smallest absolute Gasteiger partial charge is 0.0615 e. The van der Waals surface area contributed by atoms with Crippen molar-refractivity contribution in [2.24, 2.45) is 0 Å². The number of likely N-dealkylation sites (tertiary alicyclic amines) is 1. The van der Waals surface area contributed by atoms with Gasteiger partial charge < -0.3 is 15.0 Å². The lowest BCUT2D eigenvalue weighted by Gasteiger charge is -2.25. The molecule has 0 aromatic rings. The van der Waals surface area contributed by atoms with Gasteiger partial charge in [0.2, 0.25) is 0 Å². The highest BCUT2D eigenvalue weighted by Crippen LogP contribution is 2.14. The molecule has 3 heteroatoms. The van der Waals surface area contributed by atoms with Crippen molar-refractivity contribution in [3.63, 3.8) is 0 Å². The van der Waals surface area contributed by atoms with Crippen LogP contribution in [0.3, 0.4) is 0 Å². The molecule has 1 fully saturated rings. The number of nitrogens with one attached hydrogen (secondary N) is 1. The maximum Gasteiger partial charge on any atom is 0.0615 e. The Labute approximate surface area is 107 Å². The van der Waals surface area contributed by atoms with Crippen molar-refractivity contribution >= 4 is 0 Å². The van der Waals surface area contributed by atoms with Crippen molar-refractivity contribution in [1.82, 2.24) is 10.2 Å². The predicted molar refractivity (Wildman–Crippen MR) is 73.4 cm³/mol. The van der Waals surface area contributed by atoms with E-state index in [0.717, 1.165) is 13.0 Å². The second-order valence-corrected chi connectivity index (χ2v) is 5.48. The summed E-state index contributed by atoms with van der Waals surface area (Å²) in [7, 11) is 1.79. The van der Waals surface area contributed by atoms with Gasteiger partial charge in [-0.15, -0.1) is 0 Å². The summed E-state index contributed by atoms with van der Waals surface area (Å²) in [5, 5.41) is 3.75. The van der Waals surface area contributed by atoms with Crippen molar-refractivity contribution < 1.29 is 4.74 Å². The molecular formula is C14H30N2O. The maximum atomic E-state index is 5.25. The third-order valence-corrected chi connectivity index (χ3v) is 3.83. The van der Waals surface area contributed by atoms with Crippen LogP contribution in [0.5, 0.6) is 0 Å². The monoisotopic (exact) mass is 242 g/mol. The average Bonchev–Trinajstić information content (AvgIpc) is 2.54. The number of rotatable bonds is 6. The number of hydrogen-bond acceptors (Lipinski definition) is 3. The first-order chi connectivity index (χ1) is 8.17. The number of nitrogens with zero attached hydrogens (tertiary/aromatic N) is 1. The molecule has 17 heavy (non-hydrogen) atoms. The van der Waals surface area contributed by atoms with E-state index in [-0.39, 0.29) is 0 Å². The fourth-order valence-electron chi connectivity index (χ4n) is 2.62. The quantitative estimate of drug-likeness (QED) is 0.773. The Balaban J connectivity index is 2.35. The summed E-state index contributed by atoms with van der Waals surface area (Å²) in [5.41, 5.74) is 0. The molecule has 0 bridgehead atoms. The highest BCUT2D eigenvalue weighted by Gasteiger charge is 2.20. The van der Waals surface area contributed by atoms with E-state index in [4.69, 9.17) is 4.74 Å². The van der Waals surface area contributed by atoms with Crippen LogP contribution >= 0.6 is 0 Å². The molecule has 0 aromatic carbocycles. The van der Waals surface area contributed by atoms with E-state index in [1.165, 1.54) is 32.4 Å². The first-order valence-electron chi connectivity index (χ1n) is 7.16. The van der Waals surface area contributed by atoms with Crippen molar-refractivity contribution in [2.75, 3.05) is 26.8 Å². The Bertz CT molecular complexity index is 197. The van der Waals surface area contributed by atoms with Gasteiger partial charge in [-0.2, -0.15) is 0 Å². The van der Waals surface area contributed by atoms with E-state index in [1.807, 2.05) is 0 Å². The molecule has 102 valence electrons. The Morgan fingerprint density at radius 1 is 1.29 bits per heavy atom. The summed E-state index contributed by atoms with van der Waals surface area (Å²) < 4.78 is 5.25. The lowest BCUT2D eigenvalue weighted by molar-refractivity contribution is 0.156. The standard InChI is InChI=1S/C14H30N2O/c1-5-13(11-17-4)15-14-7-6-9-16(10-8-14)12(2)3/h12-15H,5-11H2,1-4H3. The van der Waals surface area contributed by atoms with E-state index in [9.17, 15) is 0 Å². The van der Waals surface area contributed by atoms with E-state index in [1.54, 1.807) is 7.11 Å². The van der Waals surface area contributed by atoms with Gasteiger partial charge in [0.1, 0.15) is 0 Å². The first kappa shape index (κ1) is 14.9. The van der Waals surface area contributed by atoms with Crippen LogP contribution in [0.2, 0.25) is 0 Å². The summed E-state index contributed by atoms with van der Waals surface area (Å²) in [6.07, 6.45) is 5.05. The normalized spacial score (nSPS) is 24.9. The minimum Gasteiger partial charge on any atom is -0.383 e. The zero-order chi connectivity index (χ0) is 12.7. The summed E-state index contributed by atoms with van der Waals surface area (Å²) >= 11 is 0. The van der Waals surface area contributed by atoms with Gasteiger partial charge in [-0.1, -0.05) is 6.92 Å². The van der Waals surface area contributed by atoms with Crippen LogP contribution in [-0.2, 0) is 4.74 Å². The molecule has 3 nitrogen and oxygen atoms in total. The molecule has 0 spiro atoms. The fourth-order valence-corrected chi connectivity index (χ4v) is 2.62. The van der Waals surface area contributed by atoms with Gasteiger partial charge in [-0.25, -0.2) is 0 Å². The van der Waals surface area contributed by atoms with Crippen LogP contribution in [0.1, 0.15) is 46.5 Å². The summed E-state index contributed by atoms with van der Waals surface area (Å²) in [6, 6.07) is 1.89. The molecule has 1 aliphatic rings. The molecule has 2 atom stereocenters. The van der Waals surface area contributed by atoms with E-state index in [0.29, 0.717) is 18.1 Å². The minimum absolute atomic E-state index is 0.524. The van der Waals surface area contributed by atoms with Crippen molar-refractivity contribution in [1.29, 1.82) is 0 Å². The van der Waals surface area contributed by atoms with Crippen molar-refractivity contribution in [3.05, 3.63) is 0 Å². The van der Waals surface area contributed by atoms with Crippen LogP contribution in [0.15, 0.2) is 0 Å². The zero-order valence-corrected chi connectivity index (χ0v) is 12.0. The summed E-state index contributed by atoms with van der Waals surface area (Å²) in [5.74, 6) is 0. The maximum absolute atomic E-state index is 5.25. The molecule has 0 radical (unpaired) electrons. The molecule has 0 aliphatic carbocycles. The van der Waals surface area contributed by atoms with Crippen molar-refractivity contribution in [2.45, 2.75) is 64.6 Å². The third kappa shape index (κ3) is 5.36. The topological polar surface area (TPSA) is 24.5 Å². The van der Waals surface area contributed by atoms with Gasteiger partial charge in [-0.05, 0) is 52.6 Å². The average molecular weight is 242 g/mol. The molecular weight excluding hydrogens is 212 g/mol. The van der Waals surface area contributed by atoms with Gasteiger partial charge in [0.25, 0.3) is 0 Å². The predicted octanol–water partition coefficient (Wildman–Crippen LogP) is 2.26. The Kier molecular flexibility index (Phi) is 7.09. The van der Waals surface area contributed by atoms with Crippen molar-refractivity contribution in [3.8, 4) is 0 Å². The van der Waals surface area contributed by atoms with Crippen LogP contribution < -0.4 is 5.32 Å². The third-order valence-electron chi connectivity index (χ3n) is 3.83. The first-order valence-corrected chi connectivity index (χ1v) is 7.16. The van der Waals surface area contributed by atoms with Crippen LogP contribution in [-0.4, -0.2) is 49.8 Å². The van der Waals surface area contributed by atoms with E-state index < -0.39 is 0 Å². The molecule has 2 unspecified atom stereocenters. The Morgan fingerprint density at radius 2 is 2.06 bits per heavy atom. The zero-order valence-electron chi connectivity index (χ0n) is 12.0. The number of ether oxygens (including phenoxy) is 1. The molecule has 0 aromatic heterocycles. The fraction of sp³-hybridized carbons (Fsp3) is 1.00. The van der Waals surface area contributed by atoms with Crippen LogP contribution in [0.4, 0.5) is 0 Å². The SMILES string of the molecule is CCC(COC)NC1CCCN(C(C)C)CC1. The summed E-state index contributed by atoms with van der Waals surface area (Å²) in [4.78, 5) is 2.60. The molecule has 1 aliphatic heterocycles. The van der Waals surface area contributed by atoms with E-state index in [2.05, 4.69) is 31.0 Å². The van der Waals surface area contributed by atoms with E-state index >= 15 is 0 Å². The minimum atomic E-state index is 0.524. The second-order valence-electron chi connectivity index (χ2n) is 5.48. The lowest BCUT2D eigenvalue weighted by Crippen LogP contribution is -2.41. The van der Waals surface area contributed by atoms with Gasteiger partial charge in [-0.3, -0.25) is 0 Å². The number of methoxy groups -OCH3 is 1. The summed E-state index contributed by atoms with van der Waals surface area (Å²) in [6.45, 7) is 10.2. The van der Waals surface area contributed by atoms with Gasteiger partial charge >= 0.3 is 0 Å². The number of hydrogen-bond donors (Lipinski definition) is 1. The molecule has 1 rings (SSSR count). The second kappa shape index (κ2) is 8.06. The highest BCUT2D eigenvalue weighted by molar-refractivity contribution is 4.79. The molecule has 1 N–H and O–H groups in total. The molecule has 1 saturated heterocycles. The molecule has 0 amide bonds. The van der Waals surface area contributed by atoms with Gasteiger partial charge in [0.05, 0.1) is 6.61 Å². The molecule has 0 saturated carbocycles. The van der Waals surface area contributed by atoms with Crippen LogP contribution in [0.25, 0.3) is 0 Å². The highest BCUT2D eigenvalue weighted by atomic mass is 16.5. The Morgan fingerprint density at radius 3 is 2.65 bits per heavy atom.